The van der Waals surface area contributed by atoms with Crippen molar-refractivity contribution in [2.45, 2.75) is 44.4 Å². The molecule has 156 valence electrons. The van der Waals surface area contributed by atoms with Crippen molar-refractivity contribution in [2.75, 3.05) is 33.3 Å². The van der Waals surface area contributed by atoms with Crippen molar-refractivity contribution in [3.63, 3.8) is 0 Å². The van der Waals surface area contributed by atoms with Gasteiger partial charge in [-0.3, -0.25) is 4.90 Å². The Morgan fingerprint density at radius 1 is 1.24 bits per heavy atom. The summed E-state index contributed by atoms with van der Waals surface area (Å²) < 4.78 is 16.2. The second-order valence-electron chi connectivity index (χ2n) is 8.06. The van der Waals surface area contributed by atoms with Crippen LogP contribution in [0.2, 0.25) is 0 Å². The molecule has 2 saturated heterocycles. The molecule has 0 N–H and O–H groups in total. The van der Waals surface area contributed by atoms with Crippen molar-refractivity contribution in [2.24, 2.45) is 0 Å². The zero-order valence-electron chi connectivity index (χ0n) is 17.0. The SMILES string of the molecule is COCc1noc(CN2CCC3(CC2)CN(C[C@@H](C)c2ccccc2)C(=O)O3)n1. The Morgan fingerprint density at radius 2 is 2.00 bits per heavy atom. The van der Waals surface area contributed by atoms with Crippen LogP contribution >= 0.6 is 0 Å². The molecule has 0 aliphatic carbocycles. The van der Waals surface area contributed by atoms with Crippen molar-refractivity contribution < 1.29 is 18.8 Å². The largest absolute Gasteiger partial charge is 0.441 e. The Balaban J connectivity index is 1.29. The lowest BCUT2D eigenvalue weighted by Crippen LogP contribution is -2.46. The van der Waals surface area contributed by atoms with Gasteiger partial charge in [0.1, 0.15) is 12.2 Å². The van der Waals surface area contributed by atoms with E-state index >= 15 is 0 Å². The standard InChI is InChI=1S/C21H28N4O4/c1-16(17-6-4-3-5-7-17)12-25-15-21(28-20(25)26)8-10-24(11-9-21)13-19-22-18(14-27-2)23-29-19/h3-7,16H,8-15H2,1-2H3/t16-/m1/s1. The number of carbonyl (C=O) groups excluding carboxylic acids is 1. The fourth-order valence-corrected chi connectivity index (χ4v) is 4.16. The highest BCUT2D eigenvalue weighted by Crippen LogP contribution is 2.34. The number of nitrogens with zero attached hydrogens (tertiary/aromatic N) is 4. The first-order valence-corrected chi connectivity index (χ1v) is 10.1. The van der Waals surface area contributed by atoms with E-state index in [1.54, 1.807) is 7.11 Å². The van der Waals surface area contributed by atoms with Crippen LogP contribution < -0.4 is 0 Å². The van der Waals surface area contributed by atoms with Gasteiger partial charge in [0, 0.05) is 39.6 Å². The van der Waals surface area contributed by atoms with Crippen LogP contribution in [0.25, 0.3) is 0 Å². The molecular weight excluding hydrogens is 372 g/mol. The van der Waals surface area contributed by atoms with Gasteiger partial charge in [0.2, 0.25) is 5.89 Å². The lowest BCUT2D eigenvalue weighted by Gasteiger charge is -2.36. The van der Waals surface area contributed by atoms with Gasteiger partial charge in [-0.05, 0) is 11.5 Å². The molecule has 0 bridgehead atoms. The number of rotatable bonds is 7. The van der Waals surface area contributed by atoms with Gasteiger partial charge in [-0.25, -0.2) is 4.79 Å². The fourth-order valence-electron chi connectivity index (χ4n) is 4.16. The Morgan fingerprint density at radius 3 is 2.72 bits per heavy atom. The Labute approximate surface area is 170 Å². The highest BCUT2D eigenvalue weighted by molar-refractivity contribution is 5.70. The molecule has 1 atom stereocenters. The van der Waals surface area contributed by atoms with E-state index in [1.807, 2.05) is 23.1 Å². The average molecular weight is 400 g/mol. The van der Waals surface area contributed by atoms with Crippen LogP contribution in [0, 0.1) is 0 Å². The summed E-state index contributed by atoms with van der Waals surface area (Å²) in [6.45, 7) is 6.11. The van der Waals surface area contributed by atoms with Crippen LogP contribution in [0.3, 0.4) is 0 Å². The first kappa shape index (κ1) is 19.8. The van der Waals surface area contributed by atoms with Gasteiger partial charge >= 0.3 is 6.09 Å². The molecule has 29 heavy (non-hydrogen) atoms. The van der Waals surface area contributed by atoms with E-state index in [-0.39, 0.29) is 17.6 Å². The van der Waals surface area contributed by atoms with Crippen LogP contribution in [0.5, 0.6) is 0 Å². The molecule has 2 fully saturated rings. The third kappa shape index (κ3) is 4.59. The molecule has 8 nitrogen and oxygen atoms in total. The molecule has 3 heterocycles. The summed E-state index contributed by atoms with van der Waals surface area (Å²) in [6, 6.07) is 10.3. The predicted octanol–water partition coefficient (Wildman–Crippen LogP) is 2.81. The predicted molar refractivity (Wildman–Crippen MR) is 105 cm³/mol. The van der Waals surface area contributed by atoms with E-state index in [4.69, 9.17) is 14.0 Å². The summed E-state index contributed by atoms with van der Waals surface area (Å²) in [5.74, 6) is 1.43. The lowest BCUT2D eigenvalue weighted by molar-refractivity contribution is -0.00334. The maximum Gasteiger partial charge on any atom is 0.410 e. The van der Waals surface area contributed by atoms with Crippen LogP contribution in [0.15, 0.2) is 34.9 Å². The smallest absolute Gasteiger partial charge is 0.410 e. The number of likely N-dealkylation sites (tertiary alicyclic amines) is 1. The van der Waals surface area contributed by atoms with Crippen molar-refractivity contribution in [1.29, 1.82) is 0 Å². The molecule has 1 spiro atoms. The molecule has 0 saturated carbocycles. The Hall–Kier alpha value is -2.45. The van der Waals surface area contributed by atoms with Crippen molar-refractivity contribution in [1.82, 2.24) is 19.9 Å². The van der Waals surface area contributed by atoms with Crippen LogP contribution in [0.1, 0.15) is 43.0 Å². The zero-order chi connectivity index (χ0) is 20.3. The molecule has 8 heteroatoms. The van der Waals surface area contributed by atoms with E-state index < -0.39 is 0 Å². The van der Waals surface area contributed by atoms with Gasteiger partial charge in [-0.1, -0.05) is 42.4 Å². The molecule has 0 radical (unpaired) electrons. The third-order valence-electron chi connectivity index (χ3n) is 5.81. The van der Waals surface area contributed by atoms with E-state index in [1.165, 1.54) is 5.56 Å². The number of hydrogen-bond donors (Lipinski definition) is 0. The minimum Gasteiger partial charge on any atom is -0.441 e. The monoisotopic (exact) mass is 400 g/mol. The van der Waals surface area contributed by atoms with Gasteiger partial charge < -0.3 is 18.9 Å². The van der Waals surface area contributed by atoms with E-state index in [2.05, 4.69) is 34.1 Å². The third-order valence-corrected chi connectivity index (χ3v) is 5.81. The summed E-state index contributed by atoms with van der Waals surface area (Å²) in [4.78, 5) is 21.0. The number of benzene rings is 1. The number of carbonyl (C=O) groups is 1. The van der Waals surface area contributed by atoms with Gasteiger partial charge in [-0.2, -0.15) is 4.98 Å². The molecular formula is C21H28N4O4. The molecule has 1 aromatic heterocycles. The minimum absolute atomic E-state index is 0.192. The zero-order valence-corrected chi connectivity index (χ0v) is 17.0. The van der Waals surface area contributed by atoms with E-state index in [0.717, 1.165) is 25.9 Å². The molecule has 4 rings (SSSR count). The molecule has 2 aromatic rings. The van der Waals surface area contributed by atoms with Gasteiger partial charge in [0.25, 0.3) is 0 Å². The van der Waals surface area contributed by atoms with Crippen molar-refractivity contribution in [3.8, 4) is 0 Å². The summed E-state index contributed by atoms with van der Waals surface area (Å²) in [5.41, 5.74) is 0.864. The molecule has 0 unspecified atom stereocenters. The minimum atomic E-state index is -0.375. The van der Waals surface area contributed by atoms with Gasteiger partial charge in [0.05, 0.1) is 13.1 Å². The quantitative estimate of drug-likeness (QED) is 0.707. The fraction of sp³-hybridized carbons (Fsp3) is 0.571. The highest BCUT2D eigenvalue weighted by atomic mass is 16.6. The molecule has 2 aliphatic heterocycles. The highest BCUT2D eigenvalue weighted by Gasteiger charge is 2.47. The molecule has 2 aliphatic rings. The lowest BCUT2D eigenvalue weighted by atomic mass is 9.91. The number of aromatic nitrogens is 2. The average Bonchev–Trinajstić information content (AvgIpc) is 3.29. The maximum atomic E-state index is 12.5. The Kier molecular flexibility index (Phi) is 5.82. The molecule has 1 aromatic carbocycles. The van der Waals surface area contributed by atoms with Crippen LogP contribution in [0.4, 0.5) is 4.79 Å². The number of hydrogen-bond acceptors (Lipinski definition) is 7. The molecule has 1 amide bonds. The van der Waals surface area contributed by atoms with Gasteiger partial charge in [0.15, 0.2) is 5.82 Å². The number of ether oxygens (including phenoxy) is 2. The first-order chi connectivity index (χ1) is 14.1. The number of methoxy groups -OCH3 is 1. The van der Waals surface area contributed by atoms with Gasteiger partial charge in [-0.15, -0.1) is 0 Å². The topological polar surface area (TPSA) is 80.9 Å². The van der Waals surface area contributed by atoms with Crippen LogP contribution in [-0.2, 0) is 22.6 Å². The summed E-state index contributed by atoms with van der Waals surface area (Å²) in [5, 5.41) is 3.90. The van der Waals surface area contributed by atoms with E-state index in [0.29, 0.717) is 38.0 Å². The second-order valence-corrected chi connectivity index (χ2v) is 8.06. The van der Waals surface area contributed by atoms with Crippen molar-refractivity contribution in [3.05, 3.63) is 47.6 Å². The van der Waals surface area contributed by atoms with Crippen LogP contribution in [-0.4, -0.2) is 64.9 Å². The number of piperidine rings is 1. The number of amides is 1. The summed E-state index contributed by atoms with van der Waals surface area (Å²) >= 11 is 0. The van der Waals surface area contributed by atoms with E-state index in [9.17, 15) is 4.79 Å². The normalized spacial score (nSPS) is 20.2. The second kappa shape index (κ2) is 8.51. The Bertz CT molecular complexity index is 817. The van der Waals surface area contributed by atoms with Crippen molar-refractivity contribution >= 4 is 6.09 Å². The maximum absolute atomic E-state index is 12.5. The summed E-state index contributed by atoms with van der Waals surface area (Å²) in [7, 11) is 1.60. The first-order valence-electron chi connectivity index (χ1n) is 10.1. The summed E-state index contributed by atoms with van der Waals surface area (Å²) in [6.07, 6.45) is 1.43.